The van der Waals surface area contributed by atoms with Gasteiger partial charge in [0.05, 0.1) is 5.84 Å². The molecule has 4 nitrogen and oxygen atoms in total. The Morgan fingerprint density at radius 2 is 2.00 bits per heavy atom. The smallest absolute Gasteiger partial charge is 0.306 e. The Morgan fingerprint density at radius 1 is 1.33 bits per heavy atom. The zero-order valence-electron chi connectivity index (χ0n) is 11.9. The molecule has 0 bridgehead atoms. The van der Waals surface area contributed by atoms with Crippen LogP contribution in [0.5, 0.6) is 0 Å². The number of nitrogens with two attached hydrogens (primary N) is 1. The molecule has 0 rings (SSSR count). The molecule has 0 fully saturated rings. The normalized spacial score (nSPS) is 12.3. The van der Waals surface area contributed by atoms with Gasteiger partial charge >= 0.3 is 5.97 Å². The summed E-state index contributed by atoms with van der Waals surface area (Å²) in [4.78, 5) is 15.6. The van der Waals surface area contributed by atoms with Gasteiger partial charge in [-0.1, -0.05) is 12.5 Å². The van der Waals surface area contributed by atoms with Gasteiger partial charge < -0.3 is 10.5 Å². The van der Waals surface area contributed by atoms with E-state index in [2.05, 4.69) is 11.6 Å². The lowest BCUT2D eigenvalue weighted by Crippen LogP contribution is -2.23. The van der Waals surface area contributed by atoms with E-state index in [9.17, 15) is 4.79 Å². The lowest BCUT2D eigenvalue weighted by atomic mass is 10.1. The molecule has 0 atom stereocenters. The molecule has 0 aliphatic rings. The quantitative estimate of drug-likeness (QED) is 0.238. The molecule has 0 aliphatic heterocycles. The summed E-state index contributed by atoms with van der Waals surface area (Å²) in [6.45, 7) is 9.94. The summed E-state index contributed by atoms with van der Waals surface area (Å²) in [5.41, 5.74) is 5.23. The van der Waals surface area contributed by atoms with Crippen molar-refractivity contribution in [3.8, 4) is 0 Å². The molecule has 104 valence electrons. The molecule has 0 aromatic carbocycles. The van der Waals surface area contributed by atoms with Crippen LogP contribution in [0.25, 0.3) is 0 Å². The van der Waals surface area contributed by atoms with Crippen molar-refractivity contribution in [2.24, 2.45) is 10.7 Å². The van der Waals surface area contributed by atoms with Gasteiger partial charge in [0.2, 0.25) is 0 Å². The number of ether oxygens (including phenoxy) is 1. The molecule has 0 aromatic heterocycles. The van der Waals surface area contributed by atoms with Crippen LogP contribution in [0.4, 0.5) is 0 Å². The van der Waals surface area contributed by atoms with Gasteiger partial charge in [-0.15, -0.1) is 6.58 Å². The zero-order chi connectivity index (χ0) is 14.0. The van der Waals surface area contributed by atoms with Crippen LogP contribution in [-0.2, 0) is 9.53 Å². The van der Waals surface area contributed by atoms with E-state index in [1.165, 1.54) is 0 Å². The second-order valence-electron chi connectivity index (χ2n) is 5.26. The number of nitrogens with zero attached hydrogens (tertiary/aromatic N) is 1. The second kappa shape index (κ2) is 8.72. The summed E-state index contributed by atoms with van der Waals surface area (Å²) in [5, 5.41) is 0. The van der Waals surface area contributed by atoms with E-state index < -0.39 is 0 Å². The standard InChI is InChI=1S/C14H26N2O2/c1-5-9-12(15)16-11-8-6-7-10-13(17)18-14(2,3)4/h5H,1,6-11H2,2-4H3,(H2,15,16). The van der Waals surface area contributed by atoms with E-state index >= 15 is 0 Å². The maximum Gasteiger partial charge on any atom is 0.306 e. The van der Waals surface area contributed by atoms with Crippen LogP contribution in [0, 0.1) is 0 Å². The molecule has 0 heterocycles. The summed E-state index contributed by atoms with van der Waals surface area (Å²) >= 11 is 0. The number of esters is 1. The van der Waals surface area contributed by atoms with Gasteiger partial charge in [-0.25, -0.2) is 0 Å². The highest BCUT2D eigenvalue weighted by molar-refractivity contribution is 5.81. The predicted octanol–water partition coefficient (Wildman–Crippen LogP) is 2.82. The Morgan fingerprint density at radius 3 is 2.56 bits per heavy atom. The van der Waals surface area contributed by atoms with Crippen molar-refractivity contribution in [2.75, 3.05) is 6.54 Å². The Bertz CT molecular complexity index is 291. The summed E-state index contributed by atoms with van der Waals surface area (Å²) < 4.78 is 5.22. The van der Waals surface area contributed by atoms with E-state index in [4.69, 9.17) is 10.5 Å². The van der Waals surface area contributed by atoms with Crippen molar-refractivity contribution in [3.05, 3.63) is 12.7 Å². The first-order chi connectivity index (χ1) is 8.35. The van der Waals surface area contributed by atoms with Crippen LogP contribution in [0.1, 0.15) is 52.9 Å². The average Bonchev–Trinajstić information content (AvgIpc) is 2.21. The van der Waals surface area contributed by atoms with Gasteiger partial charge in [0.25, 0.3) is 0 Å². The SMILES string of the molecule is C=CCC(N)=NCCCCCC(=O)OC(C)(C)C. The Hall–Kier alpha value is -1.32. The molecule has 0 saturated heterocycles. The number of carbonyl (C=O) groups is 1. The number of aliphatic imine (C=N–C) groups is 1. The number of rotatable bonds is 8. The molecule has 0 aliphatic carbocycles. The minimum atomic E-state index is -0.388. The maximum absolute atomic E-state index is 11.4. The van der Waals surface area contributed by atoms with Crippen molar-refractivity contribution in [3.63, 3.8) is 0 Å². The minimum absolute atomic E-state index is 0.128. The summed E-state index contributed by atoms with van der Waals surface area (Å²) in [7, 11) is 0. The molecule has 4 heteroatoms. The number of amidine groups is 1. The molecular formula is C14H26N2O2. The summed E-state index contributed by atoms with van der Waals surface area (Å²) in [6.07, 6.45) is 5.60. The van der Waals surface area contributed by atoms with Crippen LogP contribution in [0.3, 0.4) is 0 Å². The van der Waals surface area contributed by atoms with E-state index in [0.29, 0.717) is 25.2 Å². The number of hydrogen-bond donors (Lipinski definition) is 1. The lowest BCUT2D eigenvalue weighted by Gasteiger charge is -2.19. The van der Waals surface area contributed by atoms with Gasteiger partial charge in [0, 0.05) is 19.4 Å². The molecule has 18 heavy (non-hydrogen) atoms. The monoisotopic (exact) mass is 254 g/mol. The van der Waals surface area contributed by atoms with Gasteiger partial charge in [0.15, 0.2) is 0 Å². The number of carbonyl (C=O) groups excluding carboxylic acids is 1. The third-order valence-electron chi connectivity index (χ3n) is 2.13. The predicted molar refractivity (Wildman–Crippen MR) is 75.6 cm³/mol. The topological polar surface area (TPSA) is 64.7 Å². The third kappa shape index (κ3) is 11.2. The Labute approximate surface area is 110 Å². The van der Waals surface area contributed by atoms with Crippen LogP contribution in [0.15, 0.2) is 17.6 Å². The van der Waals surface area contributed by atoms with Crippen molar-refractivity contribution in [2.45, 2.75) is 58.5 Å². The highest BCUT2D eigenvalue weighted by Gasteiger charge is 2.15. The summed E-state index contributed by atoms with van der Waals surface area (Å²) in [6, 6.07) is 0. The first-order valence-corrected chi connectivity index (χ1v) is 6.46. The van der Waals surface area contributed by atoms with Crippen LogP contribution in [-0.4, -0.2) is 24.0 Å². The fourth-order valence-corrected chi connectivity index (χ4v) is 1.39. The fraction of sp³-hybridized carbons (Fsp3) is 0.714. The molecule has 0 spiro atoms. The highest BCUT2D eigenvalue weighted by Crippen LogP contribution is 2.10. The van der Waals surface area contributed by atoms with Crippen molar-refractivity contribution < 1.29 is 9.53 Å². The van der Waals surface area contributed by atoms with Gasteiger partial charge in [0.1, 0.15) is 5.60 Å². The number of unbranched alkanes of at least 4 members (excludes halogenated alkanes) is 2. The van der Waals surface area contributed by atoms with E-state index in [1.807, 2.05) is 20.8 Å². The van der Waals surface area contributed by atoms with Crippen LogP contribution in [0.2, 0.25) is 0 Å². The third-order valence-corrected chi connectivity index (χ3v) is 2.13. The van der Waals surface area contributed by atoms with Gasteiger partial charge in [-0.05, 0) is 33.6 Å². The molecule has 0 aromatic rings. The number of hydrogen-bond acceptors (Lipinski definition) is 3. The highest BCUT2D eigenvalue weighted by atomic mass is 16.6. The van der Waals surface area contributed by atoms with E-state index in [0.717, 1.165) is 19.3 Å². The molecule has 0 amide bonds. The maximum atomic E-state index is 11.4. The van der Waals surface area contributed by atoms with Crippen LogP contribution >= 0.6 is 0 Å². The van der Waals surface area contributed by atoms with Crippen molar-refractivity contribution in [1.29, 1.82) is 0 Å². The lowest BCUT2D eigenvalue weighted by molar-refractivity contribution is -0.154. The van der Waals surface area contributed by atoms with Crippen LogP contribution < -0.4 is 5.73 Å². The van der Waals surface area contributed by atoms with Crippen molar-refractivity contribution >= 4 is 11.8 Å². The first kappa shape index (κ1) is 16.7. The molecule has 0 radical (unpaired) electrons. The first-order valence-electron chi connectivity index (χ1n) is 6.46. The molecule has 2 N–H and O–H groups in total. The zero-order valence-corrected chi connectivity index (χ0v) is 11.9. The Kier molecular flexibility index (Phi) is 8.08. The van der Waals surface area contributed by atoms with Gasteiger partial charge in [-0.3, -0.25) is 9.79 Å². The fourth-order valence-electron chi connectivity index (χ4n) is 1.39. The summed E-state index contributed by atoms with van der Waals surface area (Å²) in [5.74, 6) is 0.495. The van der Waals surface area contributed by atoms with E-state index in [1.54, 1.807) is 6.08 Å². The minimum Gasteiger partial charge on any atom is -0.460 e. The Balaban J connectivity index is 3.54. The second-order valence-corrected chi connectivity index (χ2v) is 5.26. The largest absolute Gasteiger partial charge is 0.460 e. The van der Waals surface area contributed by atoms with Crippen molar-refractivity contribution in [1.82, 2.24) is 0 Å². The average molecular weight is 254 g/mol. The molecule has 0 saturated carbocycles. The molecule has 0 unspecified atom stereocenters. The van der Waals surface area contributed by atoms with E-state index in [-0.39, 0.29) is 11.6 Å². The molecular weight excluding hydrogens is 228 g/mol. The van der Waals surface area contributed by atoms with Gasteiger partial charge in [-0.2, -0.15) is 0 Å².